The first-order valence-corrected chi connectivity index (χ1v) is 3.15. The molecule has 1 aliphatic carbocycles. The monoisotopic (exact) mass is 150 g/mol. The fourth-order valence-electron chi connectivity index (χ4n) is 0.831. The highest BCUT2D eigenvalue weighted by Crippen LogP contribution is 2.47. The Balaban J connectivity index is 0.000000640. The number of hydrazine groups is 1. The van der Waals surface area contributed by atoms with E-state index in [4.69, 9.17) is 5.84 Å². The third-order valence-corrected chi connectivity index (χ3v) is 2.33. The SMILES string of the molecule is CC(NN)C1(C)CC1.Cl. The molecule has 1 atom stereocenters. The summed E-state index contributed by atoms with van der Waals surface area (Å²) in [6.07, 6.45) is 2.66. The molecular formula is C6H15ClN2. The highest BCUT2D eigenvalue weighted by atomic mass is 35.5. The average Bonchev–Trinajstić information content (AvgIpc) is 2.47. The number of halogens is 1. The lowest BCUT2D eigenvalue weighted by Gasteiger charge is -2.16. The molecule has 0 amide bonds. The zero-order valence-corrected chi connectivity index (χ0v) is 6.79. The summed E-state index contributed by atoms with van der Waals surface area (Å²) in [4.78, 5) is 0. The maximum atomic E-state index is 5.25. The number of nitrogens with two attached hydrogens (primary N) is 1. The highest BCUT2D eigenvalue weighted by molar-refractivity contribution is 5.85. The highest BCUT2D eigenvalue weighted by Gasteiger charge is 2.41. The van der Waals surface area contributed by atoms with Crippen LogP contribution in [0.2, 0.25) is 0 Å². The summed E-state index contributed by atoms with van der Waals surface area (Å²) < 4.78 is 0. The Hall–Kier alpha value is 0.210. The van der Waals surface area contributed by atoms with Crippen LogP contribution in [0.4, 0.5) is 0 Å². The Bertz CT molecular complexity index is 91.1. The van der Waals surface area contributed by atoms with E-state index >= 15 is 0 Å². The normalized spacial score (nSPS) is 24.3. The van der Waals surface area contributed by atoms with Crippen LogP contribution < -0.4 is 11.3 Å². The fraction of sp³-hybridized carbons (Fsp3) is 1.00. The summed E-state index contributed by atoms with van der Waals surface area (Å²) in [6.45, 7) is 4.39. The first-order chi connectivity index (χ1) is 3.69. The molecule has 3 N–H and O–H groups in total. The molecule has 0 aromatic rings. The Morgan fingerprint density at radius 1 is 1.56 bits per heavy atom. The standard InChI is InChI=1S/C6H14N2.ClH/c1-5(8-7)6(2)3-4-6;/h5,8H,3-4,7H2,1-2H3;1H. The topological polar surface area (TPSA) is 38.0 Å². The molecule has 3 heteroatoms. The second-order valence-corrected chi connectivity index (χ2v) is 3.04. The first-order valence-electron chi connectivity index (χ1n) is 3.15. The Morgan fingerprint density at radius 3 is 2.11 bits per heavy atom. The number of rotatable bonds is 2. The van der Waals surface area contributed by atoms with Gasteiger partial charge >= 0.3 is 0 Å². The minimum Gasteiger partial charge on any atom is -0.271 e. The summed E-state index contributed by atoms with van der Waals surface area (Å²) in [5, 5.41) is 0. The van der Waals surface area contributed by atoms with Crippen molar-refractivity contribution < 1.29 is 0 Å². The van der Waals surface area contributed by atoms with Crippen molar-refractivity contribution in [3.8, 4) is 0 Å². The third kappa shape index (κ3) is 1.81. The van der Waals surface area contributed by atoms with Gasteiger partial charge in [-0.25, -0.2) is 0 Å². The molecule has 0 aliphatic heterocycles. The van der Waals surface area contributed by atoms with Crippen LogP contribution in [0.5, 0.6) is 0 Å². The van der Waals surface area contributed by atoms with Crippen LogP contribution in [-0.2, 0) is 0 Å². The van der Waals surface area contributed by atoms with Crippen molar-refractivity contribution in [1.29, 1.82) is 0 Å². The summed E-state index contributed by atoms with van der Waals surface area (Å²) in [6, 6.07) is 0.488. The summed E-state index contributed by atoms with van der Waals surface area (Å²) in [7, 11) is 0. The van der Waals surface area contributed by atoms with E-state index in [1.807, 2.05) is 0 Å². The van der Waals surface area contributed by atoms with Gasteiger partial charge in [-0.3, -0.25) is 11.3 Å². The van der Waals surface area contributed by atoms with Crippen molar-refractivity contribution in [2.45, 2.75) is 32.7 Å². The van der Waals surface area contributed by atoms with Gasteiger partial charge in [0, 0.05) is 6.04 Å². The fourth-order valence-corrected chi connectivity index (χ4v) is 0.831. The van der Waals surface area contributed by atoms with Crippen LogP contribution in [0.3, 0.4) is 0 Å². The minimum atomic E-state index is 0. The van der Waals surface area contributed by atoms with E-state index in [1.54, 1.807) is 0 Å². The maximum Gasteiger partial charge on any atom is 0.0236 e. The van der Waals surface area contributed by atoms with E-state index in [-0.39, 0.29) is 12.4 Å². The molecule has 1 aliphatic rings. The molecule has 0 spiro atoms. The van der Waals surface area contributed by atoms with E-state index in [9.17, 15) is 0 Å². The van der Waals surface area contributed by atoms with Crippen LogP contribution in [-0.4, -0.2) is 6.04 Å². The van der Waals surface area contributed by atoms with Crippen molar-refractivity contribution in [3.05, 3.63) is 0 Å². The molecule has 1 fully saturated rings. The predicted molar refractivity (Wildman–Crippen MR) is 41.4 cm³/mol. The predicted octanol–water partition coefficient (Wildman–Crippen LogP) is 1.06. The van der Waals surface area contributed by atoms with Crippen molar-refractivity contribution in [2.24, 2.45) is 11.3 Å². The first kappa shape index (κ1) is 9.21. The van der Waals surface area contributed by atoms with Gasteiger partial charge in [-0.1, -0.05) is 6.92 Å². The molecule has 1 unspecified atom stereocenters. The van der Waals surface area contributed by atoms with E-state index in [0.717, 1.165) is 0 Å². The van der Waals surface area contributed by atoms with Crippen molar-refractivity contribution in [2.75, 3.05) is 0 Å². The van der Waals surface area contributed by atoms with Gasteiger partial charge in [0.25, 0.3) is 0 Å². The smallest absolute Gasteiger partial charge is 0.0236 e. The molecule has 0 heterocycles. The van der Waals surface area contributed by atoms with Crippen LogP contribution in [0.15, 0.2) is 0 Å². The van der Waals surface area contributed by atoms with Gasteiger partial charge in [0.1, 0.15) is 0 Å². The lowest BCUT2D eigenvalue weighted by atomic mass is 10.0. The number of nitrogens with one attached hydrogen (secondary N) is 1. The zero-order valence-electron chi connectivity index (χ0n) is 5.98. The molecule has 0 radical (unpaired) electrons. The van der Waals surface area contributed by atoms with Crippen LogP contribution in [0, 0.1) is 5.41 Å². The van der Waals surface area contributed by atoms with Crippen molar-refractivity contribution in [1.82, 2.24) is 5.43 Å². The Kier molecular flexibility index (Phi) is 2.93. The van der Waals surface area contributed by atoms with Gasteiger partial charge in [-0.2, -0.15) is 0 Å². The lowest BCUT2D eigenvalue weighted by Crippen LogP contribution is -2.38. The Morgan fingerprint density at radius 2 is 2.00 bits per heavy atom. The van der Waals surface area contributed by atoms with Gasteiger partial charge < -0.3 is 0 Å². The third-order valence-electron chi connectivity index (χ3n) is 2.33. The summed E-state index contributed by atoms with van der Waals surface area (Å²) in [5.41, 5.74) is 3.29. The number of hydrogen-bond donors (Lipinski definition) is 2. The summed E-state index contributed by atoms with van der Waals surface area (Å²) >= 11 is 0. The molecular weight excluding hydrogens is 136 g/mol. The molecule has 1 rings (SSSR count). The van der Waals surface area contributed by atoms with Crippen LogP contribution >= 0.6 is 12.4 Å². The van der Waals surface area contributed by atoms with Gasteiger partial charge in [0.05, 0.1) is 0 Å². The van der Waals surface area contributed by atoms with E-state index in [0.29, 0.717) is 11.5 Å². The molecule has 0 bridgehead atoms. The molecule has 56 valence electrons. The number of hydrogen-bond acceptors (Lipinski definition) is 2. The van der Waals surface area contributed by atoms with Gasteiger partial charge in [-0.05, 0) is 25.2 Å². The second kappa shape index (κ2) is 2.86. The van der Waals surface area contributed by atoms with Crippen LogP contribution in [0.1, 0.15) is 26.7 Å². The largest absolute Gasteiger partial charge is 0.271 e. The van der Waals surface area contributed by atoms with E-state index in [2.05, 4.69) is 19.3 Å². The minimum absolute atomic E-state index is 0. The molecule has 0 saturated heterocycles. The Labute approximate surface area is 62.6 Å². The zero-order chi connectivity index (χ0) is 6.20. The second-order valence-electron chi connectivity index (χ2n) is 3.04. The van der Waals surface area contributed by atoms with Crippen molar-refractivity contribution in [3.63, 3.8) is 0 Å². The molecule has 0 aromatic carbocycles. The van der Waals surface area contributed by atoms with Crippen molar-refractivity contribution >= 4 is 12.4 Å². The quantitative estimate of drug-likeness (QED) is 0.457. The molecule has 2 nitrogen and oxygen atoms in total. The van der Waals surface area contributed by atoms with Gasteiger partial charge in [0.2, 0.25) is 0 Å². The average molecular weight is 151 g/mol. The molecule has 0 aromatic heterocycles. The lowest BCUT2D eigenvalue weighted by molar-refractivity contribution is 0.388. The van der Waals surface area contributed by atoms with E-state index in [1.165, 1.54) is 12.8 Å². The van der Waals surface area contributed by atoms with Crippen LogP contribution in [0.25, 0.3) is 0 Å². The van der Waals surface area contributed by atoms with Gasteiger partial charge in [0.15, 0.2) is 0 Å². The maximum absolute atomic E-state index is 5.25. The van der Waals surface area contributed by atoms with Gasteiger partial charge in [-0.15, -0.1) is 12.4 Å². The summed E-state index contributed by atoms with van der Waals surface area (Å²) in [5.74, 6) is 5.25. The molecule has 9 heavy (non-hydrogen) atoms. The molecule has 1 saturated carbocycles. The van der Waals surface area contributed by atoms with E-state index < -0.39 is 0 Å².